The van der Waals surface area contributed by atoms with Crippen molar-refractivity contribution in [2.75, 3.05) is 33.4 Å². The number of sulfonamides is 1. The summed E-state index contributed by atoms with van der Waals surface area (Å²) < 4.78 is 55.7. The molecule has 0 unspecified atom stereocenters. The second-order valence-corrected chi connectivity index (χ2v) is 8.01. The molecule has 0 amide bonds. The Morgan fingerprint density at radius 3 is 2.64 bits per heavy atom. The highest BCUT2D eigenvalue weighted by atomic mass is 32.2. The normalized spacial score (nSPS) is 15.2. The summed E-state index contributed by atoms with van der Waals surface area (Å²) in [4.78, 5) is 12.4. The minimum absolute atomic E-state index is 0.00665. The molecular weight excluding hydrogens is 389 g/mol. The summed E-state index contributed by atoms with van der Waals surface area (Å²) in [7, 11) is -2.30. The highest BCUT2D eigenvalue weighted by Gasteiger charge is 2.27. The number of hydrogen-bond donors (Lipinski definition) is 0. The largest absolute Gasteiger partial charge is 0.496 e. The molecule has 150 valence electrons. The number of methoxy groups -OCH3 is 1. The van der Waals surface area contributed by atoms with E-state index in [-0.39, 0.29) is 30.2 Å². The van der Waals surface area contributed by atoms with Crippen molar-refractivity contribution in [3.8, 4) is 5.75 Å². The van der Waals surface area contributed by atoms with Crippen LogP contribution in [-0.2, 0) is 26.1 Å². The Bertz CT molecular complexity index is 957. The van der Waals surface area contributed by atoms with Gasteiger partial charge in [0.25, 0.3) is 0 Å². The Morgan fingerprint density at radius 2 is 1.93 bits per heavy atom. The fraction of sp³-hybridized carbons (Fsp3) is 0.316. The number of esters is 1. The molecule has 2 aromatic carbocycles. The number of ether oxygens (including phenoxy) is 3. The molecule has 0 aliphatic carbocycles. The smallest absolute Gasteiger partial charge is 0.338 e. The summed E-state index contributed by atoms with van der Waals surface area (Å²) >= 11 is 0. The standard InChI is InChI=1S/C19H20FNO6S/c1-25-18-6-5-16(20)11-15(18)13-27-19(22)14-3-2-4-17(12-14)28(23,24)21-7-9-26-10-8-21/h2-6,11-12H,7-10,13H2,1H3. The number of hydrogen-bond acceptors (Lipinski definition) is 6. The van der Waals surface area contributed by atoms with Gasteiger partial charge < -0.3 is 14.2 Å². The summed E-state index contributed by atoms with van der Waals surface area (Å²) in [5.41, 5.74) is 0.456. The van der Waals surface area contributed by atoms with E-state index in [0.29, 0.717) is 24.5 Å². The number of nitrogens with zero attached hydrogens (tertiary/aromatic N) is 1. The van der Waals surface area contributed by atoms with Crippen molar-refractivity contribution in [2.45, 2.75) is 11.5 Å². The van der Waals surface area contributed by atoms with Crippen molar-refractivity contribution in [1.82, 2.24) is 4.31 Å². The van der Waals surface area contributed by atoms with E-state index in [4.69, 9.17) is 14.2 Å². The Balaban J connectivity index is 1.75. The van der Waals surface area contributed by atoms with Gasteiger partial charge in [-0.3, -0.25) is 0 Å². The maximum Gasteiger partial charge on any atom is 0.338 e. The molecule has 0 saturated carbocycles. The van der Waals surface area contributed by atoms with Crippen LogP contribution < -0.4 is 4.74 Å². The molecule has 1 aliphatic rings. The number of carbonyl (C=O) groups excluding carboxylic acids is 1. The summed E-state index contributed by atoms with van der Waals surface area (Å²) in [5, 5.41) is 0. The fourth-order valence-electron chi connectivity index (χ4n) is 2.81. The second-order valence-electron chi connectivity index (χ2n) is 6.08. The van der Waals surface area contributed by atoms with Crippen LogP contribution in [0.5, 0.6) is 5.75 Å². The molecule has 0 radical (unpaired) electrons. The lowest BCUT2D eigenvalue weighted by Gasteiger charge is -2.26. The molecule has 7 nitrogen and oxygen atoms in total. The molecule has 1 heterocycles. The fourth-order valence-corrected chi connectivity index (χ4v) is 4.26. The van der Waals surface area contributed by atoms with E-state index < -0.39 is 21.8 Å². The predicted molar refractivity (Wildman–Crippen MR) is 98.1 cm³/mol. The minimum Gasteiger partial charge on any atom is -0.496 e. The lowest BCUT2D eigenvalue weighted by Crippen LogP contribution is -2.40. The van der Waals surface area contributed by atoms with Gasteiger partial charge in [0.05, 0.1) is 30.8 Å². The van der Waals surface area contributed by atoms with Crippen LogP contribution in [0, 0.1) is 5.82 Å². The Kier molecular flexibility index (Phi) is 6.28. The number of morpholine rings is 1. The van der Waals surface area contributed by atoms with E-state index in [1.807, 2.05) is 0 Å². The zero-order chi connectivity index (χ0) is 20.1. The maximum atomic E-state index is 13.4. The zero-order valence-electron chi connectivity index (χ0n) is 15.3. The van der Waals surface area contributed by atoms with Crippen LogP contribution in [-0.4, -0.2) is 52.1 Å². The van der Waals surface area contributed by atoms with Crippen LogP contribution in [0.25, 0.3) is 0 Å². The van der Waals surface area contributed by atoms with E-state index in [1.54, 1.807) is 0 Å². The average molecular weight is 409 g/mol. The van der Waals surface area contributed by atoms with Crippen LogP contribution in [0.2, 0.25) is 0 Å². The molecule has 0 atom stereocenters. The summed E-state index contributed by atoms with van der Waals surface area (Å²) in [6.07, 6.45) is 0. The Labute approximate surface area is 162 Å². The van der Waals surface area contributed by atoms with E-state index in [2.05, 4.69) is 0 Å². The molecule has 9 heteroatoms. The Hall–Kier alpha value is -2.49. The molecule has 0 bridgehead atoms. The van der Waals surface area contributed by atoms with Crippen molar-refractivity contribution < 1.29 is 31.8 Å². The molecular formula is C19H20FNO6S. The first-order valence-corrected chi connectivity index (χ1v) is 10.0. The van der Waals surface area contributed by atoms with Gasteiger partial charge in [0, 0.05) is 18.7 Å². The summed E-state index contributed by atoms with van der Waals surface area (Å²) in [6, 6.07) is 9.53. The van der Waals surface area contributed by atoms with Gasteiger partial charge in [-0.1, -0.05) is 6.07 Å². The van der Waals surface area contributed by atoms with E-state index in [9.17, 15) is 17.6 Å². The first kappa shape index (κ1) is 20.2. The van der Waals surface area contributed by atoms with Crippen molar-refractivity contribution >= 4 is 16.0 Å². The van der Waals surface area contributed by atoms with Crippen molar-refractivity contribution in [1.29, 1.82) is 0 Å². The number of rotatable bonds is 6. The monoisotopic (exact) mass is 409 g/mol. The summed E-state index contributed by atoms with van der Waals surface area (Å²) in [5.74, 6) is -0.811. The zero-order valence-corrected chi connectivity index (χ0v) is 16.1. The van der Waals surface area contributed by atoms with Gasteiger partial charge in [-0.05, 0) is 36.4 Å². The molecule has 2 aromatic rings. The van der Waals surface area contributed by atoms with Crippen LogP contribution in [0.1, 0.15) is 15.9 Å². The van der Waals surface area contributed by atoms with E-state index >= 15 is 0 Å². The molecule has 1 saturated heterocycles. The van der Waals surface area contributed by atoms with Gasteiger partial charge in [-0.25, -0.2) is 17.6 Å². The van der Waals surface area contributed by atoms with Gasteiger partial charge in [-0.2, -0.15) is 4.31 Å². The first-order chi connectivity index (χ1) is 13.4. The molecule has 0 N–H and O–H groups in total. The average Bonchev–Trinajstić information content (AvgIpc) is 2.73. The molecule has 3 rings (SSSR count). The summed E-state index contributed by atoms with van der Waals surface area (Å²) in [6.45, 7) is 0.972. The minimum atomic E-state index is -3.73. The molecule has 0 aromatic heterocycles. The third kappa shape index (κ3) is 4.49. The highest BCUT2D eigenvalue weighted by Crippen LogP contribution is 2.22. The van der Waals surface area contributed by atoms with Crippen molar-refractivity contribution in [3.05, 3.63) is 59.4 Å². The third-order valence-corrected chi connectivity index (χ3v) is 6.17. The van der Waals surface area contributed by atoms with Gasteiger partial charge in [0.15, 0.2) is 0 Å². The van der Waals surface area contributed by atoms with Crippen LogP contribution in [0.15, 0.2) is 47.4 Å². The lowest BCUT2D eigenvalue weighted by molar-refractivity contribution is 0.0469. The number of benzene rings is 2. The van der Waals surface area contributed by atoms with Gasteiger partial charge >= 0.3 is 5.97 Å². The van der Waals surface area contributed by atoms with Crippen LogP contribution in [0.3, 0.4) is 0 Å². The topological polar surface area (TPSA) is 82.1 Å². The predicted octanol–water partition coefficient (Wildman–Crippen LogP) is 2.21. The lowest BCUT2D eigenvalue weighted by atomic mass is 10.2. The molecule has 1 aliphatic heterocycles. The van der Waals surface area contributed by atoms with Crippen molar-refractivity contribution in [3.63, 3.8) is 0 Å². The number of carbonyl (C=O) groups is 1. The first-order valence-electron chi connectivity index (χ1n) is 8.59. The molecule has 28 heavy (non-hydrogen) atoms. The maximum absolute atomic E-state index is 13.4. The second kappa shape index (κ2) is 8.68. The highest BCUT2D eigenvalue weighted by molar-refractivity contribution is 7.89. The van der Waals surface area contributed by atoms with Gasteiger partial charge in [0.2, 0.25) is 10.0 Å². The molecule has 1 fully saturated rings. The van der Waals surface area contributed by atoms with Gasteiger partial charge in [-0.15, -0.1) is 0 Å². The van der Waals surface area contributed by atoms with E-state index in [0.717, 1.165) is 0 Å². The Morgan fingerprint density at radius 1 is 1.18 bits per heavy atom. The van der Waals surface area contributed by atoms with Crippen molar-refractivity contribution in [2.24, 2.45) is 0 Å². The third-order valence-electron chi connectivity index (χ3n) is 4.28. The van der Waals surface area contributed by atoms with Gasteiger partial charge in [0.1, 0.15) is 18.2 Å². The van der Waals surface area contributed by atoms with E-state index in [1.165, 1.54) is 53.9 Å². The van der Waals surface area contributed by atoms with Crippen LogP contribution >= 0.6 is 0 Å². The SMILES string of the molecule is COc1ccc(F)cc1COC(=O)c1cccc(S(=O)(=O)N2CCOCC2)c1. The number of halogens is 1. The molecule has 0 spiro atoms. The van der Waals surface area contributed by atoms with Crippen LogP contribution in [0.4, 0.5) is 4.39 Å². The quantitative estimate of drug-likeness (QED) is 0.681.